The Labute approximate surface area is 163 Å². The molecule has 4 nitrogen and oxygen atoms in total. The minimum Gasteiger partial charge on any atom is -0.483 e. The molecule has 0 aliphatic heterocycles. The number of carboxylic acid groups (broad SMARTS) is 1. The molecule has 0 fully saturated rings. The molecule has 3 rings (SSSR count). The fourth-order valence-electron chi connectivity index (χ4n) is 2.85. The Bertz CT molecular complexity index is 950. The van der Waals surface area contributed by atoms with Gasteiger partial charge >= 0.3 is 5.97 Å². The van der Waals surface area contributed by atoms with Gasteiger partial charge in [0.15, 0.2) is 0 Å². The summed E-state index contributed by atoms with van der Waals surface area (Å²) < 4.78 is 19.2. The van der Waals surface area contributed by atoms with Crippen molar-refractivity contribution in [2.45, 2.75) is 26.0 Å². The van der Waals surface area contributed by atoms with E-state index in [1.807, 2.05) is 44.2 Å². The number of carboxylic acids is 1. The van der Waals surface area contributed by atoms with E-state index in [0.717, 1.165) is 16.8 Å². The quantitative estimate of drug-likeness (QED) is 0.573. The number of rotatable bonds is 7. The van der Waals surface area contributed by atoms with Crippen LogP contribution in [0.2, 0.25) is 0 Å². The molecule has 3 aromatic rings. The average molecular weight is 379 g/mol. The summed E-state index contributed by atoms with van der Waals surface area (Å²) in [5.74, 6) is -0.509. The lowest BCUT2D eigenvalue weighted by Gasteiger charge is -2.27. The molecule has 0 bridgehead atoms. The van der Waals surface area contributed by atoms with Crippen LogP contribution in [0.1, 0.15) is 35.3 Å². The van der Waals surface area contributed by atoms with Crippen LogP contribution < -0.4 is 10.1 Å². The second-order valence-electron chi connectivity index (χ2n) is 7.00. The van der Waals surface area contributed by atoms with Crippen LogP contribution in [0.4, 0.5) is 10.1 Å². The van der Waals surface area contributed by atoms with E-state index in [1.54, 1.807) is 30.3 Å². The number of aromatic carboxylic acids is 1. The van der Waals surface area contributed by atoms with E-state index in [0.29, 0.717) is 12.3 Å². The maximum absolute atomic E-state index is 13.1. The number of benzene rings is 3. The molecule has 0 radical (unpaired) electrons. The van der Waals surface area contributed by atoms with Crippen molar-refractivity contribution < 1.29 is 19.0 Å². The Hall–Kier alpha value is -3.34. The minimum atomic E-state index is -0.950. The summed E-state index contributed by atoms with van der Waals surface area (Å²) in [6.45, 7) is 4.43. The molecule has 5 heteroatoms. The van der Waals surface area contributed by atoms with Crippen LogP contribution in [-0.2, 0) is 12.1 Å². The van der Waals surface area contributed by atoms with E-state index in [-0.39, 0.29) is 11.4 Å². The fraction of sp³-hybridized carbons (Fsp3) is 0.174. The Balaban J connectivity index is 1.62. The fourth-order valence-corrected chi connectivity index (χ4v) is 2.85. The van der Waals surface area contributed by atoms with Gasteiger partial charge in [-0.05, 0) is 67.4 Å². The summed E-state index contributed by atoms with van der Waals surface area (Å²) in [4.78, 5) is 11.0. The first-order valence-electron chi connectivity index (χ1n) is 8.95. The number of carbonyl (C=O) groups is 1. The van der Waals surface area contributed by atoms with Gasteiger partial charge in [0.1, 0.15) is 17.2 Å². The van der Waals surface area contributed by atoms with Crippen molar-refractivity contribution in [3.8, 4) is 5.75 Å². The molecule has 0 atom stereocenters. The van der Waals surface area contributed by atoms with Crippen LogP contribution in [0.15, 0.2) is 72.8 Å². The maximum atomic E-state index is 13.1. The Kier molecular flexibility index (Phi) is 5.64. The van der Waals surface area contributed by atoms with Crippen molar-refractivity contribution in [2.24, 2.45) is 0 Å². The van der Waals surface area contributed by atoms with Gasteiger partial charge < -0.3 is 15.2 Å². The Morgan fingerprint density at radius 3 is 2.36 bits per heavy atom. The monoisotopic (exact) mass is 379 g/mol. The molecule has 0 aliphatic rings. The number of halogens is 1. The van der Waals surface area contributed by atoms with Gasteiger partial charge in [0.25, 0.3) is 0 Å². The van der Waals surface area contributed by atoms with Gasteiger partial charge in [0.05, 0.1) is 5.56 Å². The molecular formula is C23H22FNO3. The van der Waals surface area contributed by atoms with Crippen LogP contribution in [0, 0.1) is 5.82 Å². The second kappa shape index (κ2) is 8.13. The Morgan fingerprint density at radius 2 is 1.71 bits per heavy atom. The summed E-state index contributed by atoms with van der Waals surface area (Å²) in [6.07, 6.45) is 0. The van der Waals surface area contributed by atoms with Crippen LogP contribution in [0.5, 0.6) is 5.75 Å². The third-order valence-corrected chi connectivity index (χ3v) is 4.44. The van der Waals surface area contributed by atoms with Crippen LogP contribution >= 0.6 is 0 Å². The molecule has 0 aliphatic carbocycles. The predicted octanol–water partition coefficient (Wildman–Crippen LogP) is 5.45. The van der Waals surface area contributed by atoms with Gasteiger partial charge in [-0.2, -0.15) is 0 Å². The zero-order valence-electron chi connectivity index (χ0n) is 15.8. The maximum Gasteiger partial charge on any atom is 0.335 e. The molecule has 0 amide bonds. The summed E-state index contributed by atoms with van der Waals surface area (Å²) in [6, 6.07) is 20.7. The number of nitrogens with one attached hydrogen (secondary N) is 1. The number of ether oxygens (including phenoxy) is 1. The standard InChI is InChI=1S/C23H22FNO3/c1-23(2,18-8-10-19(24)11-9-18)28-21-12-6-16(7-13-21)15-25-20-5-3-4-17(14-20)22(26)27/h3-14,25H,15H2,1-2H3,(H,26,27). The van der Waals surface area contributed by atoms with E-state index >= 15 is 0 Å². The molecule has 0 spiro atoms. The van der Waals surface area contributed by atoms with Gasteiger partial charge in [0, 0.05) is 12.2 Å². The van der Waals surface area contributed by atoms with E-state index in [2.05, 4.69) is 5.32 Å². The summed E-state index contributed by atoms with van der Waals surface area (Å²) in [7, 11) is 0. The normalized spacial score (nSPS) is 11.1. The van der Waals surface area contributed by atoms with E-state index < -0.39 is 11.6 Å². The smallest absolute Gasteiger partial charge is 0.335 e. The molecular weight excluding hydrogens is 357 g/mol. The zero-order valence-corrected chi connectivity index (χ0v) is 15.8. The van der Waals surface area contributed by atoms with Crippen LogP contribution in [0.25, 0.3) is 0 Å². The lowest BCUT2D eigenvalue weighted by Crippen LogP contribution is -2.25. The molecule has 0 aromatic heterocycles. The SMILES string of the molecule is CC(C)(Oc1ccc(CNc2cccc(C(=O)O)c2)cc1)c1ccc(F)cc1. The summed E-state index contributed by atoms with van der Waals surface area (Å²) >= 11 is 0. The van der Waals surface area contributed by atoms with Gasteiger partial charge in [-0.1, -0.05) is 30.3 Å². The van der Waals surface area contributed by atoms with Crippen molar-refractivity contribution in [1.29, 1.82) is 0 Å². The van der Waals surface area contributed by atoms with Crippen molar-refractivity contribution in [1.82, 2.24) is 0 Å². The highest BCUT2D eigenvalue weighted by molar-refractivity contribution is 5.88. The number of hydrogen-bond donors (Lipinski definition) is 2. The molecule has 2 N–H and O–H groups in total. The topological polar surface area (TPSA) is 58.6 Å². The number of anilines is 1. The highest BCUT2D eigenvalue weighted by Gasteiger charge is 2.22. The minimum absolute atomic E-state index is 0.247. The van der Waals surface area contributed by atoms with Gasteiger partial charge in [0.2, 0.25) is 0 Å². The molecule has 28 heavy (non-hydrogen) atoms. The summed E-state index contributed by atoms with van der Waals surface area (Å²) in [5, 5.41) is 12.3. The third kappa shape index (κ3) is 4.88. The van der Waals surface area contributed by atoms with E-state index in [4.69, 9.17) is 9.84 Å². The molecule has 0 unspecified atom stereocenters. The van der Waals surface area contributed by atoms with Crippen LogP contribution in [0.3, 0.4) is 0 Å². The molecule has 0 heterocycles. The van der Waals surface area contributed by atoms with Crippen molar-refractivity contribution in [3.63, 3.8) is 0 Å². The third-order valence-electron chi connectivity index (χ3n) is 4.44. The van der Waals surface area contributed by atoms with Gasteiger partial charge in [-0.15, -0.1) is 0 Å². The lowest BCUT2D eigenvalue weighted by atomic mass is 9.98. The summed E-state index contributed by atoms with van der Waals surface area (Å²) in [5.41, 5.74) is 2.32. The van der Waals surface area contributed by atoms with Crippen molar-refractivity contribution in [2.75, 3.05) is 5.32 Å². The number of hydrogen-bond acceptors (Lipinski definition) is 3. The second-order valence-corrected chi connectivity index (χ2v) is 7.00. The average Bonchev–Trinajstić information content (AvgIpc) is 2.68. The van der Waals surface area contributed by atoms with Crippen LogP contribution in [-0.4, -0.2) is 11.1 Å². The first-order valence-corrected chi connectivity index (χ1v) is 8.95. The zero-order chi connectivity index (χ0) is 20.1. The first-order chi connectivity index (χ1) is 13.3. The van der Waals surface area contributed by atoms with Crippen molar-refractivity contribution in [3.05, 3.63) is 95.3 Å². The van der Waals surface area contributed by atoms with E-state index in [9.17, 15) is 9.18 Å². The van der Waals surface area contributed by atoms with Gasteiger partial charge in [-0.3, -0.25) is 0 Å². The predicted molar refractivity (Wildman–Crippen MR) is 107 cm³/mol. The van der Waals surface area contributed by atoms with E-state index in [1.165, 1.54) is 12.1 Å². The van der Waals surface area contributed by atoms with Crippen molar-refractivity contribution >= 4 is 11.7 Å². The van der Waals surface area contributed by atoms with Gasteiger partial charge in [-0.25, -0.2) is 9.18 Å². The molecule has 3 aromatic carbocycles. The first kappa shape index (κ1) is 19.4. The lowest BCUT2D eigenvalue weighted by molar-refractivity contribution is 0.0697. The Morgan fingerprint density at radius 1 is 1.04 bits per heavy atom. The largest absolute Gasteiger partial charge is 0.483 e. The molecule has 0 saturated carbocycles. The highest BCUT2D eigenvalue weighted by atomic mass is 19.1. The molecule has 0 saturated heterocycles. The highest BCUT2D eigenvalue weighted by Crippen LogP contribution is 2.28. The molecule has 144 valence electrons.